The molecule has 1 aromatic heterocycles. The van der Waals surface area contributed by atoms with Crippen molar-refractivity contribution >= 4 is 0 Å². The van der Waals surface area contributed by atoms with Gasteiger partial charge in [-0.3, -0.25) is 4.79 Å². The zero-order valence-corrected chi connectivity index (χ0v) is 9.58. The highest BCUT2D eigenvalue weighted by molar-refractivity contribution is 5.03. The van der Waals surface area contributed by atoms with Gasteiger partial charge in [0.25, 0.3) is 0 Å². The van der Waals surface area contributed by atoms with Gasteiger partial charge in [0, 0.05) is 45.0 Å². The van der Waals surface area contributed by atoms with Crippen LogP contribution in [0.2, 0.25) is 0 Å². The molecule has 0 bridgehead atoms. The fraction of sp³-hybridized carbons (Fsp3) is 0.545. The molecule has 0 aliphatic heterocycles. The minimum atomic E-state index is -0.0579. The summed E-state index contributed by atoms with van der Waals surface area (Å²) in [6, 6.07) is 5.16. The van der Waals surface area contributed by atoms with Crippen LogP contribution in [-0.4, -0.2) is 38.3 Å². The fourth-order valence-electron chi connectivity index (χ4n) is 1.30. The summed E-state index contributed by atoms with van der Waals surface area (Å²) < 4.78 is 4.91. The SMILES string of the molecule is COCCNCCNCc1cccc(=O)[nH]1. The van der Waals surface area contributed by atoms with Crippen LogP contribution in [0.15, 0.2) is 23.0 Å². The molecule has 0 saturated carbocycles. The number of nitrogens with one attached hydrogen (secondary N) is 3. The predicted molar refractivity (Wildman–Crippen MR) is 63.5 cm³/mol. The molecular formula is C11H19N3O2. The van der Waals surface area contributed by atoms with Gasteiger partial charge in [0.1, 0.15) is 0 Å². The summed E-state index contributed by atoms with van der Waals surface area (Å²) in [6.45, 7) is 4.02. The predicted octanol–water partition coefficient (Wildman–Crippen LogP) is -0.299. The second-order valence-electron chi connectivity index (χ2n) is 3.46. The Hall–Kier alpha value is -1.17. The molecule has 16 heavy (non-hydrogen) atoms. The van der Waals surface area contributed by atoms with E-state index in [9.17, 15) is 4.79 Å². The van der Waals surface area contributed by atoms with E-state index < -0.39 is 0 Å². The first kappa shape index (κ1) is 12.9. The summed E-state index contributed by atoms with van der Waals surface area (Å²) in [5.41, 5.74) is 0.849. The molecule has 0 spiro atoms. The van der Waals surface area contributed by atoms with Gasteiger partial charge in [0.05, 0.1) is 6.61 Å². The van der Waals surface area contributed by atoms with Gasteiger partial charge in [-0.15, -0.1) is 0 Å². The quantitative estimate of drug-likeness (QED) is 0.531. The Balaban J connectivity index is 2.05. The number of rotatable bonds is 8. The molecule has 5 heteroatoms. The van der Waals surface area contributed by atoms with E-state index in [1.807, 2.05) is 6.07 Å². The zero-order valence-electron chi connectivity index (χ0n) is 9.58. The maximum absolute atomic E-state index is 11.0. The highest BCUT2D eigenvalue weighted by atomic mass is 16.5. The van der Waals surface area contributed by atoms with Crippen molar-refractivity contribution in [2.45, 2.75) is 6.54 Å². The summed E-state index contributed by atoms with van der Waals surface area (Å²) in [5, 5.41) is 6.46. The fourth-order valence-corrected chi connectivity index (χ4v) is 1.30. The van der Waals surface area contributed by atoms with Crippen molar-refractivity contribution < 1.29 is 4.74 Å². The maximum atomic E-state index is 11.0. The molecule has 0 aliphatic carbocycles. The second-order valence-corrected chi connectivity index (χ2v) is 3.46. The summed E-state index contributed by atoms with van der Waals surface area (Å²) in [6.07, 6.45) is 0. The van der Waals surface area contributed by atoms with Crippen molar-refractivity contribution in [2.75, 3.05) is 33.4 Å². The molecule has 0 atom stereocenters. The summed E-state index contributed by atoms with van der Waals surface area (Å²) >= 11 is 0. The summed E-state index contributed by atoms with van der Waals surface area (Å²) in [7, 11) is 1.69. The lowest BCUT2D eigenvalue weighted by Gasteiger charge is -2.06. The first-order valence-corrected chi connectivity index (χ1v) is 5.41. The highest BCUT2D eigenvalue weighted by Crippen LogP contribution is 1.87. The highest BCUT2D eigenvalue weighted by Gasteiger charge is 1.92. The summed E-state index contributed by atoms with van der Waals surface area (Å²) in [5.74, 6) is 0. The molecule has 5 nitrogen and oxygen atoms in total. The van der Waals surface area contributed by atoms with E-state index in [2.05, 4.69) is 15.6 Å². The van der Waals surface area contributed by atoms with E-state index in [0.29, 0.717) is 6.54 Å². The number of aromatic amines is 1. The van der Waals surface area contributed by atoms with Crippen molar-refractivity contribution in [1.29, 1.82) is 0 Å². The third-order valence-electron chi connectivity index (χ3n) is 2.11. The van der Waals surface area contributed by atoms with Crippen molar-refractivity contribution in [3.8, 4) is 0 Å². The number of ether oxygens (including phenoxy) is 1. The van der Waals surface area contributed by atoms with Gasteiger partial charge in [-0.1, -0.05) is 6.07 Å². The van der Waals surface area contributed by atoms with Crippen LogP contribution in [-0.2, 0) is 11.3 Å². The molecule has 3 N–H and O–H groups in total. The minimum absolute atomic E-state index is 0.0579. The number of methoxy groups -OCH3 is 1. The van der Waals surface area contributed by atoms with Gasteiger partial charge >= 0.3 is 0 Å². The largest absolute Gasteiger partial charge is 0.383 e. The Bertz CT molecular complexity index is 338. The van der Waals surface area contributed by atoms with E-state index in [0.717, 1.165) is 31.9 Å². The zero-order chi connectivity index (χ0) is 11.6. The van der Waals surface area contributed by atoms with E-state index in [4.69, 9.17) is 4.74 Å². The Kier molecular flexibility index (Phi) is 6.48. The molecule has 0 amide bonds. The van der Waals surface area contributed by atoms with Crippen molar-refractivity contribution in [3.63, 3.8) is 0 Å². The van der Waals surface area contributed by atoms with Gasteiger partial charge < -0.3 is 20.4 Å². The van der Waals surface area contributed by atoms with Gasteiger partial charge in [-0.25, -0.2) is 0 Å². The van der Waals surface area contributed by atoms with Gasteiger partial charge in [-0.2, -0.15) is 0 Å². The number of pyridine rings is 1. The topological polar surface area (TPSA) is 66.2 Å². The minimum Gasteiger partial charge on any atom is -0.383 e. The molecule has 1 rings (SSSR count). The first-order chi connectivity index (χ1) is 7.83. The smallest absolute Gasteiger partial charge is 0.248 e. The Labute approximate surface area is 95.2 Å². The van der Waals surface area contributed by atoms with Gasteiger partial charge in [0.15, 0.2) is 0 Å². The van der Waals surface area contributed by atoms with E-state index in [1.54, 1.807) is 13.2 Å². The molecule has 0 aromatic carbocycles. The second kappa shape index (κ2) is 8.04. The maximum Gasteiger partial charge on any atom is 0.248 e. The van der Waals surface area contributed by atoms with Crippen LogP contribution < -0.4 is 16.2 Å². The van der Waals surface area contributed by atoms with Crippen LogP contribution in [0, 0.1) is 0 Å². The van der Waals surface area contributed by atoms with Crippen LogP contribution in [0.1, 0.15) is 5.69 Å². The van der Waals surface area contributed by atoms with E-state index in [1.165, 1.54) is 6.07 Å². The third kappa shape index (κ3) is 5.65. The van der Waals surface area contributed by atoms with Crippen LogP contribution in [0.25, 0.3) is 0 Å². The number of H-pyrrole nitrogens is 1. The van der Waals surface area contributed by atoms with Gasteiger partial charge in [0.2, 0.25) is 5.56 Å². The lowest BCUT2D eigenvalue weighted by atomic mass is 10.3. The molecule has 90 valence electrons. The lowest BCUT2D eigenvalue weighted by molar-refractivity contribution is 0.199. The molecular weight excluding hydrogens is 206 g/mol. The van der Waals surface area contributed by atoms with Gasteiger partial charge in [-0.05, 0) is 6.07 Å². The Morgan fingerprint density at radius 1 is 1.25 bits per heavy atom. The number of aromatic nitrogens is 1. The van der Waals surface area contributed by atoms with E-state index in [-0.39, 0.29) is 5.56 Å². The third-order valence-corrected chi connectivity index (χ3v) is 2.11. The van der Waals surface area contributed by atoms with Crippen LogP contribution in [0.3, 0.4) is 0 Å². The van der Waals surface area contributed by atoms with Crippen LogP contribution in [0.4, 0.5) is 0 Å². The lowest BCUT2D eigenvalue weighted by Crippen LogP contribution is -2.29. The molecule has 0 fully saturated rings. The average molecular weight is 225 g/mol. The molecule has 0 saturated heterocycles. The van der Waals surface area contributed by atoms with Crippen molar-refractivity contribution in [3.05, 3.63) is 34.2 Å². The van der Waals surface area contributed by atoms with Crippen molar-refractivity contribution in [2.24, 2.45) is 0 Å². The average Bonchev–Trinajstić information content (AvgIpc) is 2.28. The standard InChI is InChI=1S/C11H19N3O2/c1-16-8-7-12-5-6-13-9-10-3-2-4-11(15)14-10/h2-4,12-13H,5-9H2,1H3,(H,14,15). The number of hydrogen-bond acceptors (Lipinski definition) is 4. The Morgan fingerprint density at radius 3 is 2.81 bits per heavy atom. The van der Waals surface area contributed by atoms with E-state index >= 15 is 0 Å². The molecule has 1 heterocycles. The van der Waals surface area contributed by atoms with Crippen molar-refractivity contribution in [1.82, 2.24) is 15.6 Å². The van der Waals surface area contributed by atoms with Crippen LogP contribution >= 0.6 is 0 Å². The molecule has 0 aliphatic rings. The Morgan fingerprint density at radius 2 is 2.06 bits per heavy atom. The monoisotopic (exact) mass is 225 g/mol. The van der Waals surface area contributed by atoms with Crippen LogP contribution in [0.5, 0.6) is 0 Å². The molecule has 0 radical (unpaired) electrons. The summed E-state index contributed by atoms with van der Waals surface area (Å²) in [4.78, 5) is 13.7. The molecule has 1 aromatic rings. The normalized spacial score (nSPS) is 10.6. The molecule has 0 unspecified atom stereocenters. The number of hydrogen-bond donors (Lipinski definition) is 3. The first-order valence-electron chi connectivity index (χ1n) is 5.41.